The maximum atomic E-state index is 14.7. The first-order valence-electron chi connectivity index (χ1n) is 13.7. The molecule has 0 saturated carbocycles. The van der Waals surface area contributed by atoms with Crippen LogP contribution in [0.3, 0.4) is 0 Å². The third-order valence-electron chi connectivity index (χ3n) is 6.91. The highest BCUT2D eigenvalue weighted by Gasteiger charge is 2.37. The van der Waals surface area contributed by atoms with E-state index in [-0.39, 0.29) is 16.1 Å². The van der Waals surface area contributed by atoms with Crippen molar-refractivity contribution >= 4 is 33.9 Å². The van der Waals surface area contributed by atoms with Crippen molar-refractivity contribution in [3.63, 3.8) is 0 Å². The predicted molar refractivity (Wildman–Crippen MR) is 162 cm³/mol. The van der Waals surface area contributed by atoms with Crippen LogP contribution >= 0.6 is 11.8 Å². The van der Waals surface area contributed by atoms with E-state index < -0.39 is 29.0 Å². The molecule has 0 bridgehead atoms. The first kappa shape index (κ1) is 34.7. The van der Waals surface area contributed by atoms with E-state index in [1.165, 1.54) is 23.2 Å². The van der Waals surface area contributed by atoms with Gasteiger partial charge in [-0.15, -0.1) is 11.8 Å². The predicted octanol–water partition coefficient (Wildman–Crippen LogP) is 9.08. The molecular weight excluding hydrogens is 570 g/mol. The molecule has 1 N–H and O–H groups in total. The van der Waals surface area contributed by atoms with Crippen LogP contribution in [-0.2, 0) is 11.0 Å². The third-order valence-corrected chi connectivity index (χ3v) is 9.54. The van der Waals surface area contributed by atoms with Crippen molar-refractivity contribution < 1.29 is 21.8 Å². The molecule has 4 unspecified atom stereocenters. The Hall–Kier alpha value is -2.48. The Balaban J connectivity index is 2.67. The minimum absolute atomic E-state index is 0.0793. The van der Waals surface area contributed by atoms with Gasteiger partial charge in [-0.2, -0.15) is 18.4 Å². The monoisotopic (exact) mass is 609 g/mol. The van der Waals surface area contributed by atoms with Gasteiger partial charge in [0.1, 0.15) is 28.9 Å². The number of nitrogens with one attached hydrogen (secondary N) is 1. The van der Waals surface area contributed by atoms with Crippen molar-refractivity contribution in [1.82, 2.24) is 9.71 Å². The van der Waals surface area contributed by atoms with Crippen LogP contribution in [0.25, 0.3) is 11.1 Å². The van der Waals surface area contributed by atoms with Crippen LogP contribution in [0.1, 0.15) is 82.7 Å². The molecule has 0 radical (unpaired) electrons. The van der Waals surface area contributed by atoms with Gasteiger partial charge in [0.25, 0.3) is 0 Å². The summed E-state index contributed by atoms with van der Waals surface area (Å²) in [5.74, 6) is -0.538. The van der Waals surface area contributed by atoms with Gasteiger partial charge in [-0.25, -0.2) is 13.3 Å². The van der Waals surface area contributed by atoms with E-state index in [0.717, 1.165) is 31.7 Å². The largest absolute Gasteiger partial charge is 0.404 e. The van der Waals surface area contributed by atoms with Crippen molar-refractivity contribution in [2.24, 2.45) is 5.92 Å². The lowest BCUT2D eigenvalue weighted by atomic mass is 9.82. The molecule has 41 heavy (non-hydrogen) atoms. The Labute approximate surface area is 248 Å². The second kappa shape index (κ2) is 15.7. The van der Waals surface area contributed by atoms with Gasteiger partial charge in [-0.05, 0) is 105 Å². The zero-order valence-corrected chi connectivity index (χ0v) is 26.3. The smallest absolute Gasteiger partial charge is 0.255 e. The van der Waals surface area contributed by atoms with E-state index in [0.29, 0.717) is 34.4 Å². The zero-order valence-electron chi connectivity index (χ0n) is 24.7. The van der Waals surface area contributed by atoms with Gasteiger partial charge in [0.15, 0.2) is 0 Å². The number of halogens is 4. The lowest BCUT2D eigenvalue weighted by Gasteiger charge is -2.26. The molecule has 2 rings (SSSR count). The van der Waals surface area contributed by atoms with Gasteiger partial charge >= 0.3 is 6.18 Å². The number of aromatic nitrogens is 1. The van der Waals surface area contributed by atoms with E-state index in [2.05, 4.69) is 42.6 Å². The molecule has 1 aromatic heterocycles. The van der Waals surface area contributed by atoms with Crippen LogP contribution in [0.15, 0.2) is 46.3 Å². The van der Waals surface area contributed by atoms with Crippen LogP contribution in [0.4, 0.5) is 17.6 Å². The minimum atomic E-state index is -4.55. The number of alkyl halides is 3. The Bertz CT molecular complexity index is 1310. The number of aryl methyl sites for hydroxylation is 2. The molecule has 0 spiro atoms. The van der Waals surface area contributed by atoms with Crippen LogP contribution in [-0.4, -0.2) is 26.7 Å². The van der Waals surface area contributed by atoms with Gasteiger partial charge in [-0.3, -0.25) is 4.98 Å². The first-order chi connectivity index (χ1) is 19.3. The first-order valence-corrected chi connectivity index (χ1v) is 15.8. The van der Waals surface area contributed by atoms with E-state index in [1.54, 1.807) is 30.8 Å². The normalized spacial score (nSPS) is 16.0. The summed E-state index contributed by atoms with van der Waals surface area (Å²) in [7, 11) is -2.14. The SMILES string of the molecule is CCC=C(C)SC(CC)CC(CC)C(=C(C#N)c1cc(F)c(C)cc1C)c1ccc(S(=O)NC(C)C(F)(F)F)cn1. The average Bonchev–Trinajstić information content (AvgIpc) is 2.92. The molecule has 2 aromatic rings. The summed E-state index contributed by atoms with van der Waals surface area (Å²) in [5.41, 5.74) is 3.09. The number of thioether (sulfide) groups is 1. The standard InChI is InChI=1S/C31H39F4N3OS2/c1-8-11-21(6)40-24(10-3)15-23(9-2)30(27(17-36)26-16-28(32)20(5)14-19(26)4)29-13-12-25(18-37-29)41(39)38-22(7)31(33,34)35/h11-14,16,18,22-24,38H,8-10,15H2,1-7H3. The minimum Gasteiger partial charge on any atom is -0.255 e. The maximum Gasteiger partial charge on any atom is 0.404 e. The fourth-order valence-corrected chi connectivity index (χ4v) is 6.76. The summed E-state index contributed by atoms with van der Waals surface area (Å²) in [6.07, 6.45) is 2.15. The molecule has 1 heterocycles. The fourth-order valence-electron chi connectivity index (χ4n) is 4.55. The molecule has 0 aliphatic rings. The van der Waals surface area contributed by atoms with Crippen LogP contribution in [0.2, 0.25) is 0 Å². The van der Waals surface area contributed by atoms with Crippen molar-refractivity contribution in [1.29, 1.82) is 5.26 Å². The van der Waals surface area contributed by atoms with Crippen molar-refractivity contribution in [2.75, 3.05) is 0 Å². The number of nitrogens with zero attached hydrogens (tertiary/aromatic N) is 2. The Morgan fingerprint density at radius 1 is 1.17 bits per heavy atom. The summed E-state index contributed by atoms with van der Waals surface area (Å²) in [6, 6.07) is 6.46. The molecule has 4 nitrogen and oxygen atoms in total. The number of hydrogen-bond acceptors (Lipinski definition) is 4. The highest BCUT2D eigenvalue weighted by atomic mass is 32.2. The van der Waals surface area contributed by atoms with Crippen LogP contribution in [0, 0.1) is 36.9 Å². The lowest BCUT2D eigenvalue weighted by molar-refractivity contribution is -0.146. The molecule has 0 aliphatic heterocycles. The molecule has 10 heteroatoms. The number of rotatable bonds is 13. The zero-order chi connectivity index (χ0) is 30.9. The van der Waals surface area contributed by atoms with Gasteiger partial charge in [0, 0.05) is 11.4 Å². The summed E-state index contributed by atoms with van der Waals surface area (Å²) < 4.78 is 68.3. The highest BCUT2D eigenvalue weighted by molar-refractivity contribution is 8.03. The van der Waals surface area contributed by atoms with Gasteiger partial charge < -0.3 is 0 Å². The molecule has 1 aromatic carbocycles. The molecule has 0 saturated heterocycles. The maximum absolute atomic E-state index is 14.7. The second-order valence-corrected chi connectivity index (χ2v) is 12.8. The van der Waals surface area contributed by atoms with Crippen molar-refractivity contribution in [2.45, 2.75) is 96.5 Å². The summed E-state index contributed by atoms with van der Waals surface area (Å²) in [5, 5.41) is 10.7. The molecule has 4 atom stereocenters. The Morgan fingerprint density at radius 3 is 2.37 bits per heavy atom. The number of pyridine rings is 1. The highest BCUT2D eigenvalue weighted by Crippen LogP contribution is 2.40. The molecular formula is C31H39F4N3OS2. The van der Waals surface area contributed by atoms with E-state index in [4.69, 9.17) is 0 Å². The topological polar surface area (TPSA) is 65.8 Å². The molecule has 0 aliphatic carbocycles. The number of allylic oxidation sites excluding steroid dienone is 4. The van der Waals surface area contributed by atoms with Crippen molar-refractivity contribution in [3.05, 3.63) is 69.6 Å². The lowest BCUT2D eigenvalue weighted by Crippen LogP contribution is -2.40. The molecule has 224 valence electrons. The van der Waals surface area contributed by atoms with Crippen LogP contribution in [0.5, 0.6) is 0 Å². The molecule has 0 fully saturated rings. The van der Waals surface area contributed by atoms with E-state index >= 15 is 0 Å². The van der Waals surface area contributed by atoms with Gasteiger partial charge in [-0.1, -0.05) is 32.9 Å². The second-order valence-electron chi connectivity index (χ2n) is 10.1. The fraction of sp³-hybridized carbons (Fsp3) is 0.484. The Kier molecular flexibility index (Phi) is 13.3. The summed E-state index contributed by atoms with van der Waals surface area (Å²) in [6.45, 7) is 12.7. The molecule has 0 amide bonds. The Morgan fingerprint density at radius 2 is 1.85 bits per heavy atom. The average molecular weight is 610 g/mol. The number of benzene rings is 1. The summed E-state index contributed by atoms with van der Waals surface area (Å²) >= 11 is 1.80. The van der Waals surface area contributed by atoms with Gasteiger partial charge in [0.05, 0.1) is 16.2 Å². The van der Waals surface area contributed by atoms with Crippen molar-refractivity contribution in [3.8, 4) is 6.07 Å². The van der Waals surface area contributed by atoms with E-state index in [9.17, 15) is 27.0 Å². The number of nitriles is 1. The van der Waals surface area contributed by atoms with E-state index in [1.807, 2.05) is 13.8 Å². The summed E-state index contributed by atoms with van der Waals surface area (Å²) in [4.78, 5) is 5.79. The number of hydrogen-bond donors (Lipinski definition) is 1. The van der Waals surface area contributed by atoms with Crippen LogP contribution < -0.4 is 4.72 Å². The third kappa shape index (κ3) is 9.52. The quantitative estimate of drug-likeness (QED) is 0.182. The van der Waals surface area contributed by atoms with Gasteiger partial charge in [0.2, 0.25) is 0 Å².